The Morgan fingerprint density at radius 3 is 2.57 bits per heavy atom. The van der Waals surface area contributed by atoms with Gasteiger partial charge in [-0.2, -0.15) is 0 Å². The number of rotatable bonds is 5. The molecule has 8 heteroatoms. The fourth-order valence-electron chi connectivity index (χ4n) is 3.67. The molecule has 1 saturated heterocycles. The molecule has 0 aliphatic carbocycles. The number of anilines is 3. The third-order valence-corrected chi connectivity index (χ3v) is 6.75. The Labute approximate surface area is 179 Å². The normalized spacial score (nSPS) is 20.4. The lowest BCUT2D eigenvalue weighted by Crippen LogP contribution is -2.49. The molecule has 0 unspecified atom stereocenters. The molecule has 2 atom stereocenters. The van der Waals surface area contributed by atoms with Crippen molar-refractivity contribution in [3.8, 4) is 0 Å². The minimum atomic E-state index is -1.14. The summed E-state index contributed by atoms with van der Waals surface area (Å²) in [5.41, 5.74) is 2.35. The van der Waals surface area contributed by atoms with Crippen molar-refractivity contribution in [3.05, 3.63) is 48.5 Å². The summed E-state index contributed by atoms with van der Waals surface area (Å²) in [6.07, 6.45) is -0.373. The van der Waals surface area contributed by atoms with Gasteiger partial charge in [0.05, 0.1) is 5.69 Å². The Hall–Kier alpha value is -3.00. The van der Waals surface area contributed by atoms with Crippen LogP contribution in [0.3, 0.4) is 0 Å². The number of ether oxygens (including phenoxy) is 1. The molecule has 2 heterocycles. The molecule has 1 fully saturated rings. The molecule has 156 valence electrons. The summed E-state index contributed by atoms with van der Waals surface area (Å²) in [6, 6.07) is 14.8. The molecular formula is C22H23N3O4S. The zero-order valence-corrected chi connectivity index (χ0v) is 17.9. The van der Waals surface area contributed by atoms with Gasteiger partial charge in [0.1, 0.15) is 0 Å². The summed E-state index contributed by atoms with van der Waals surface area (Å²) in [5.74, 6) is -1.10. The molecule has 2 aliphatic heterocycles. The number of fused-ring (bicyclic) bond motifs is 3. The number of carbonyl (C=O) groups is 3. The van der Waals surface area contributed by atoms with Gasteiger partial charge in [-0.1, -0.05) is 23.9 Å². The molecule has 30 heavy (non-hydrogen) atoms. The standard InChI is InChI=1S/C22H23N3O4S/c1-14(20(27)23-15-8-10-16(11-9-15)24(2)3)29-21(28)22-13-12-19(26)25(22)17-6-4-5-7-18(17)30-22/h4-11,14H,12-13H2,1-3H3,(H,23,27)/t14-,22-/m0/s1. The van der Waals surface area contributed by atoms with E-state index in [-0.39, 0.29) is 12.3 Å². The third kappa shape index (κ3) is 3.41. The van der Waals surface area contributed by atoms with E-state index in [1.165, 1.54) is 23.6 Å². The van der Waals surface area contributed by atoms with Gasteiger partial charge in [0, 0.05) is 43.2 Å². The van der Waals surface area contributed by atoms with E-state index in [9.17, 15) is 14.4 Å². The van der Waals surface area contributed by atoms with E-state index in [1.54, 1.807) is 12.1 Å². The number of para-hydroxylation sites is 1. The number of thioether (sulfide) groups is 1. The van der Waals surface area contributed by atoms with Crippen molar-refractivity contribution in [1.82, 2.24) is 0 Å². The van der Waals surface area contributed by atoms with Gasteiger partial charge >= 0.3 is 5.97 Å². The van der Waals surface area contributed by atoms with Crippen molar-refractivity contribution >= 4 is 46.6 Å². The molecule has 4 rings (SSSR count). The lowest BCUT2D eigenvalue weighted by Gasteiger charge is -2.29. The molecule has 0 spiro atoms. The fourth-order valence-corrected chi connectivity index (χ4v) is 5.07. The number of hydrogen-bond donors (Lipinski definition) is 1. The van der Waals surface area contributed by atoms with Crippen LogP contribution < -0.4 is 15.1 Å². The zero-order chi connectivity index (χ0) is 21.5. The predicted octanol–water partition coefficient (Wildman–Crippen LogP) is 3.25. The van der Waals surface area contributed by atoms with E-state index in [4.69, 9.17) is 4.74 Å². The lowest BCUT2D eigenvalue weighted by molar-refractivity contribution is -0.155. The number of amides is 2. The summed E-state index contributed by atoms with van der Waals surface area (Å²) in [5, 5.41) is 2.77. The van der Waals surface area contributed by atoms with Crippen LogP contribution in [0.15, 0.2) is 53.4 Å². The maximum absolute atomic E-state index is 13.1. The summed E-state index contributed by atoms with van der Waals surface area (Å²) in [4.78, 5) is 41.4. The Kier molecular flexibility index (Phi) is 5.19. The first kappa shape index (κ1) is 20.3. The highest BCUT2D eigenvalue weighted by molar-refractivity contribution is 8.02. The molecule has 2 aromatic carbocycles. The third-order valence-electron chi connectivity index (χ3n) is 5.30. The van der Waals surface area contributed by atoms with E-state index in [0.29, 0.717) is 12.1 Å². The van der Waals surface area contributed by atoms with E-state index >= 15 is 0 Å². The highest BCUT2D eigenvalue weighted by Crippen LogP contribution is 2.56. The number of nitrogens with zero attached hydrogens (tertiary/aromatic N) is 2. The van der Waals surface area contributed by atoms with Crippen molar-refractivity contribution in [3.63, 3.8) is 0 Å². The topological polar surface area (TPSA) is 79.0 Å². The first-order valence-electron chi connectivity index (χ1n) is 9.72. The van der Waals surface area contributed by atoms with Gasteiger partial charge in [-0.3, -0.25) is 14.5 Å². The molecule has 0 saturated carbocycles. The molecule has 2 aromatic rings. The molecule has 7 nitrogen and oxygen atoms in total. The summed E-state index contributed by atoms with van der Waals surface area (Å²) in [6.45, 7) is 1.53. The maximum Gasteiger partial charge on any atom is 0.344 e. The molecule has 0 bridgehead atoms. The fraction of sp³-hybridized carbons (Fsp3) is 0.318. The second-order valence-electron chi connectivity index (χ2n) is 7.56. The monoisotopic (exact) mass is 425 g/mol. The number of hydrogen-bond acceptors (Lipinski definition) is 6. The SMILES string of the molecule is C[C@H](OC(=O)[C@@]12CCC(=O)N1c1ccccc1S2)C(=O)Nc1ccc(N(C)C)cc1. The summed E-state index contributed by atoms with van der Waals surface area (Å²) >= 11 is 1.32. The van der Waals surface area contributed by atoms with Gasteiger partial charge in [-0.25, -0.2) is 4.79 Å². The Morgan fingerprint density at radius 1 is 1.17 bits per heavy atom. The Balaban J connectivity index is 1.45. The number of esters is 1. The van der Waals surface area contributed by atoms with E-state index < -0.39 is 22.9 Å². The van der Waals surface area contributed by atoms with E-state index in [1.807, 2.05) is 55.4 Å². The number of benzene rings is 2. The van der Waals surface area contributed by atoms with Crippen molar-refractivity contribution in [2.45, 2.75) is 35.6 Å². The van der Waals surface area contributed by atoms with E-state index in [0.717, 1.165) is 16.3 Å². The molecule has 2 amide bonds. The zero-order valence-electron chi connectivity index (χ0n) is 17.0. The largest absolute Gasteiger partial charge is 0.450 e. The highest BCUT2D eigenvalue weighted by Gasteiger charge is 2.58. The van der Waals surface area contributed by atoms with Crippen molar-refractivity contribution < 1.29 is 19.1 Å². The second-order valence-corrected chi connectivity index (χ2v) is 8.88. The predicted molar refractivity (Wildman–Crippen MR) is 117 cm³/mol. The van der Waals surface area contributed by atoms with Crippen LogP contribution in [0.2, 0.25) is 0 Å². The van der Waals surface area contributed by atoms with Crippen LogP contribution in [-0.2, 0) is 19.1 Å². The van der Waals surface area contributed by atoms with Gasteiger partial charge in [0.2, 0.25) is 5.91 Å². The average Bonchev–Trinajstić information content (AvgIpc) is 3.24. The van der Waals surface area contributed by atoms with Crippen molar-refractivity contribution in [2.24, 2.45) is 0 Å². The number of carbonyl (C=O) groups excluding carboxylic acids is 3. The van der Waals surface area contributed by atoms with Gasteiger partial charge in [0.15, 0.2) is 11.0 Å². The number of nitrogens with one attached hydrogen (secondary N) is 1. The van der Waals surface area contributed by atoms with Crippen molar-refractivity contribution in [1.29, 1.82) is 0 Å². The molecule has 0 aromatic heterocycles. The summed E-state index contributed by atoms with van der Waals surface area (Å²) < 4.78 is 5.54. The van der Waals surface area contributed by atoms with Crippen LogP contribution >= 0.6 is 11.8 Å². The van der Waals surface area contributed by atoms with Crippen LogP contribution in [0.1, 0.15) is 19.8 Å². The van der Waals surface area contributed by atoms with Crippen molar-refractivity contribution in [2.75, 3.05) is 29.2 Å². The minimum Gasteiger partial charge on any atom is -0.450 e. The first-order valence-corrected chi connectivity index (χ1v) is 10.5. The van der Waals surface area contributed by atoms with Gasteiger partial charge in [0.25, 0.3) is 5.91 Å². The Morgan fingerprint density at radius 2 is 1.87 bits per heavy atom. The lowest BCUT2D eigenvalue weighted by atomic mass is 10.2. The van der Waals surface area contributed by atoms with Crippen LogP contribution in [0.5, 0.6) is 0 Å². The first-order chi connectivity index (χ1) is 14.3. The molecule has 2 aliphatic rings. The second kappa shape index (κ2) is 7.68. The molecule has 1 N–H and O–H groups in total. The maximum atomic E-state index is 13.1. The van der Waals surface area contributed by atoms with Crippen LogP contribution in [0.4, 0.5) is 17.1 Å². The van der Waals surface area contributed by atoms with Crippen LogP contribution in [0, 0.1) is 0 Å². The quantitative estimate of drug-likeness (QED) is 0.741. The van der Waals surface area contributed by atoms with Crippen LogP contribution in [-0.4, -0.2) is 42.9 Å². The highest BCUT2D eigenvalue weighted by atomic mass is 32.2. The molecule has 0 radical (unpaired) electrons. The van der Waals surface area contributed by atoms with Gasteiger partial charge in [-0.05, 0) is 43.3 Å². The molecular weight excluding hydrogens is 402 g/mol. The van der Waals surface area contributed by atoms with E-state index in [2.05, 4.69) is 5.32 Å². The minimum absolute atomic E-state index is 0.109. The Bertz CT molecular complexity index is 1010. The summed E-state index contributed by atoms with van der Waals surface area (Å²) in [7, 11) is 3.87. The van der Waals surface area contributed by atoms with Gasteiger partial charge < -0.3 is 15.0 Å². The van der Waals surface area contributed by atoms with Crippen LogP contribution in [0.25, 0.3) is 0 Å². The smallest absolute Gasteiger partial charge is 0.344 e. The average molecular weight is 426 g/mol. The van der Waals surface area contributed by atoms with Gasteiger partial charge in [-0.15, -0.1) is 0 Å².